The lowest BCUT2D eigenvalue weighted by Gasteiger charge is -2.34. The van der Waals surface area contributed by atoms with Gasteiger partial charge in [-0.3, -0.25) is 4.79 Å². The van der Waals surface area contributed by atoms with Crippen LogP contribution in [0.4, 0.5) is 4.39 Å². The molecule has 8 heteroatoms. The third-order valence-corrected chi connectivity index (χ3v) is 6.35. The predicted octanol–water partition coefficient (Wildman–Crippen LogP) is 1.89. The summed E-state index contributed by atoms with van der Waals surface area (Å²) in [6.45, 7) is 0.625. The van der Waals surface area contributed by atoms with Gasteiger partial charge in [0.05, 0.1) is 6.54 Å². The predicted molar refractivity (Wildman–Crippen MR) is 100 cm³/mol. The number of carbonyl (C=O) groups is 1. The molecule has 144 valence electrons. The van der Waals surface area contributed by atoms with Crippen molar-refractivity contribution in [2.45, 2.75) is 19.5 Å². The summed E-state index contributed by atoms with van der Waals surface area (Å²) in [6, 6.07) is 15.5. The van der Waals surface area contributed by atoms with Crippen LogP contribution in [-0.4, -0.2) is 42.6 Å². The first kappa shape index (κ1) is 19.5. The zero-order valence-electron chi connectivity index (χ0n) is 14.8. The van der Waals surface area contributed by atoms with Crippen LogP contribution in [0, 0.1) is 5.82 Å². The summed E-state index contributed by atoms with van der Waals surface area (Å²) in [6.07, 6.45) is 0.583. The van der Waals surface area contributed by atoms with Gasteiger partial charge in [0.1, 0.15) is 5.82 Å². The zero-order chi connectivity index (χ0) is 19.3. The molecule has 2 aromatic rings. The molecule has 0 radical (unpaired) electrons. The number of nitrogens with zero attached hydrogens (tertiary/aromatic N) is 2. The Morgan fingerprint density at radius 2 is 1.67 bits per heavy atom. The van der Waals surface area contributed by atoms with Gasteiger partial charge in [0, 0.05) is 31.7 Å². The van der Waals surface area contributed by atoms with Crippen LogP contribution in [-0.2, 0) is 28.1 Å². The van der Waals surface area contributed by atoms with E-state index in [-0.39, 0.29) is 25.5 Å². The van der Waals surface area contributed by atoms with Crippen LogP contribution in [0.3, 0.4) is 0 Å². The molecular weight excluding hydrogens is 369 g/mol. The number of rotatable bonds is 6. The van der Waals surface area contributed by atoms with Gasteiger partial charge >= 0.3 is 0 Å². The molecule has 6 nitrogen and oxygen atoms in total. The van der Waals surface area contributed by atoms with E-state index in [1.54, 1.807) is 18.2 Å². The molecule has 2 aromatic carbocycles. The highest BCUT2D eigenvalue weighted by molar-refractivity contribution is 7.86. The minimum Gasteiger partial charge on any atom is -0.351 e. The topological polar surface area (TPSA) is 69.7 Å². The molecule has 1 heterocycles. The number of benzene rings is 2. The first-order valence-electron chi connectivity index (χ1n) is 8.76. The molecule has 0 aliphatic carbocycles. The molecule has 1 N–H and O–H groups in total. The number of nitrogens with one attached hydrogen (secondary N) is 1. The average molecular weight is 391 g/mol. The minimum absolute atomic E-state index is 0.0445. The van der Waals surface area contributed by atoms with Gasteiger partial charge in [0.2, 0.25) is 5.91 Å². The first-order chi connectivity index (χ1) is 13.0. The van der Waals surface area contributed by atoms with E-state index in [1.165, 1.54) is 10.4 Å². The van der Waals surface area contributed by atoms with Crippen molar-refractivity contribution in [1.29, 1.82) is 0 Å². The fraction of sp³-hybridized carbons (Fsp3) is 0.316. The van der Waals surface area contributed by atoms with Crippen LogP contribution in [0.1, 0.15) is 17.5 Å². The maximum absolute atomic E-state index is 13.9. The van der Waals surface area contributed by atoms with Crippen molar-refractivity contribution < 1.29 is 17.6 Å². The maximum Gasteiger partial charge on any atom is 0.282 e. The Balaban J connectivity index is 1.62. The molecule has 3 rings (SSSR count). The van der Waals surface area contributed by atoms with E-state index in [4.69, 9.17) is 0 Å². The van der Waals surface area contributed by atoms with E-state index in [2.05, 4.69) is 5.32 Å². The second kappa shape index (κ2) is 8.60. The molecule has 0 aromatic heterocycles. The SMILES string of the molecule is O=C(CN1CCCN(Cc2ccccc2F)S1(=O)=O)NCc1ccccc1. The van der Waals surface area contributed by atoms with Crippen molar-refractivity contribution in [1.82, 2.24) is 13.9 Å². The number of halogens is 1. The molecule has 1 fully saturated rings. The lowest BCUT2D eigenvalue weighted by Crippen LogP contribution is -2.52. The van der Waals surface area contributed by atoms with Crippen molar-refractivity contribution in [3.63, 3.8) is 0 Å². The summed E-state index contributed by atoms with van der Waals surface area (Å²) in [4.78, 5) is 12.2. The van der Waals surface area contributed by atoms with Gasteiger partial charge in [-0.05, 0) is 18.1 Å². The van der Waals surface area contributed by atoms with Gasteiger partial charge < -0.3 is 5.32 Å². The number of hydrogen-bond acceptors (Lipinski definition) is 3. The third-order valence-electron chi connectivity index (χ3n) is 4.42. The van der Waals surface area contributed by atoms with E-state index in [0.717, 1.165) is 9.87 Å². The van der Waals surface area contributed by atoms with Crippen LogP contribution in [0.2, 0.25) is 0 Å². The fourth-order valence-electron chi connectivity index (χ4n) is 2.97. The van der Waals surface area contributed by atoms with E-state index >= 15 is 0 Å². The third kappa shape index (κ3) is 4.91. The average Bonchev–Trinajstić information content (AvgIpc) is 2.66. The zero-order valence-corrected chi connectivity index (χ0v) is 15.7. The summed E-state index contributed by atoms with van der Waals surface area (Å²) < 4.78 is 41.8. The Bertz CT molecular complexity index is 890. The lowest BCUT2D eigenvalue weighted by molar-refractivity contribution is -0.121. The van der Waals surface area contributed by atoms with Crippen molar-refractivity contribution in [3.8, 4) is 0 Å². The summed E-state index contributed by atoms with van der Waals surface area (Å²) in [7, 11) is -3.82. The van der Waals surface area contributed by atoms with Gasteiger partial charge in [-0.1, -0.05) is 48.5 Å². The van der Waals surface area contributed by atoms with Gasteiger partial charge in [-0.2, -0.15) is 17.0 Å². The quantitative estimate of drug-likeness (QED) is 0.818. The van der Waals surface area contributed by atoms with Crippen LogP contribution in [0.25, 0.3) is 0 Å². The van der Waals surface area contributed by atoms with Crippen LogP contribution in [0.5, 0.6) is 0 Å². The normalized spacial score (nSPS) is 17.5. The highest BCUT2D eigenvalue weighted by Gasteiger charge is 2.34. The Morgan fingerprint density at radius 1 is 1.00 bits per heavy atom. The number of carbonyl (C=O) groups excluding carboxylic acids is 1. The highest BCUT2D eigenvalue weighted by atomic mass is 32.2. The molecule has 1 saturated heterocycles. The standard InChI is InChI=1S/C19H22FN3O3S/c20-18-10-5-4-9-17(18)14-22-11-6-12-23(27(22,25)26)15-19(24)21-13-16-7-2-1-3-8-16/h1-5,7-10H,6,11-15H2,(H,21,24). The Hall–Kier alpha value is -2.29. The molecule has 27 heavy (non-hydrogen) atoms. The monoisotopic (exact) mass is 391 g/mol. The van der Waals surface area contributed by atoms with Gasteiger partial charge in [0.25, 0.3) is 10.2 Å². The van der Waals surface area contributed by atoms with Crippen molar-refractivity contribution in [3.05, 3.63) is 71.5 Å². The molecule has 0 atom stereocenters. The van der Waals surface area contributed by atoms with E-state index < -0.39 is 16.0 Å². The maximum atomic E-state index is 13.9. The molecule has 0 spiro atoms. The summed E-state index contributed by atoms with van der Waals surface area (Å²) >= 11 is 0. The number of hydrogen-bond donors (Lipinski definition) is 1. The van der Waals surface area contributed by atoms with Crippen molar-refractivity contribution in [2.24, 2.45) is 0 Å². The Kier molecular flexibility index (Phi) is 6.20. The largest absolute Gasteiger partial charge is 0.351 e. The van der Waals surface area contributed by atoms with Gasteiger partial charge in [0.15, 0.2) is 0 Å². The van der Waals surface area contributed by atoms with Crippen LogP contribution >= 0.6 is 0 Å². The second-order valence-electron chi connectivity index (χ2n) is 6.38. The van der Waals surface area contributed by atoms with Crippen molar-refractivity contribution in [2.75, 3.05) is 19.6 Å². The molecule has 0 bridgehead atoms. The minimum atomic E-state index is -3.82. The molecule has 1 aliphatic heterocycles. The van der Waals surface area contributed by atoms with Crippen LogP contribution < -0.4 is 5.32 Å². The molecule has 1 amide bonds. The molecule has 1 aliphatic rings. The fourth-order valence-corrected chi connectivity index (χ4v) is 4.60. The number of amides is 1. The Morgan fingerprint density at radius 3 is 2.41 bits per heavy atom. The second-order valence-corrected chi connectivity index (χ2v) is 8.31. The van der Waals surface area contributed by atoms with Gasteiger partial charge in [-0.25, -0.2) is 4.39 Å². The summed E-state index contributed by atoms with van der Waals surface area (Å²) in [5, 5.41) is 2.73. The highest BCUT2D eigenvalue weighted by Crippen LogP contribution is 2.20. The van der Waals surface area contributed by atoms with Crippen LogP contribution in [0.15, 0.2) is 54.6 Å². The molecule has 0 unspecified atom stereocenters. The smallest absolute Gasteiger partial charge is 0.282 e. The molecular formula is C19H22FN3O3S. The summed E-state index contributed by atoms with van der Waals surface area (Å²) in [5.74, 6) is -0.805. The molecule has 0 saturated carbocycles. The van der Waals surface area contributed by atoms with Crippen molar-refractivity contribution >= 4 is 16.1 Å². The Labute approximate surface area is 158 Å². The van der Waals surface area contributed by atoms with E-state index in [9.17, 15) is 17.6 Å². The van der Waals surface area contributed by atoms with E-state index in [0.29, 0.717) is 25.1 Å². The lowest BCUT2D eigenvalue weighted by atomic mass is 10.2. The van der Waals surface area contributed by atoms with E-state index in [1.807, 2.05) is 30.3 Å². The summed E-state index contributed by atoms with van der Waals surface area (Å²) in [5.41, 5.74) is 1.25. The van der Waals surface area contributed by atoms with Gasteiger partial charge in [-0.15, -0.1) is 0 Å². The first-order valence-corrected chi connectivity index (χ1v) is 10.2.